The van der Waals surface area contributed by atoms with Gasteiger partial charge in [-0.1, -0.05) is 37.3 Å². The Labute approximate surface area is 141 Å². The van der Waals surface area contributed by atoms with Crippen LogP contribution in [-0.2, 0) is 22.7 Å². The lowest BCUT2D eigenvalue weighted by Crippen LogP contribution is -2.50. The van der Waals surface area contributed by atoms with E-state index in [1.165, 1.54) is 0 Å². The van der Waals surface area contributed by atoms with Gasteiger partial charge in [-0.2, -0.15) is 0 Å². The molecular weight excluding hydrogens is 306 g/mol. The molecular formula is C18H23N3O3. The number of hydrogen-bond acceptors (Lipinski definition) is 4. The number of rotatable bonds is 7. The van der Waals surface area contributed by atoms with Crippen molar-refractivity contribution in [2.24, 2.45) is 0 Å². The monoisotopic (exact) mass is 329 g/mol. The lowest BCUT2D eigenvalue weighted by atomic mass is 10.1. The number of carbonyl (C=O) groups excluding carboxylic acids is 2. The molecule has 0 radical (unpaired) electrons. The minimum atomic E-state index is -0.438. The van der Waals surface area contributed by atoms with Crippen molar-refractivity contribution in [2.75, 3.05) is 0 Å². The summed E-state index contributed by atoms with van der Waals surface area (Å²) in [5.74, 6) is 0.290. The standard InChI is InChI=1S/C18H23N3O3/c1-3-17(22)19-20-18(23)14(2)21(13-16-10-7-11-24-16)12-15-8-5-4-6-9-15/h4-11,14H,3,12-13H2,1-2H3,(H,19,22)(H,20,23)/t14-/m1/s1. The first-order chi connectivity index (χ1) is 11.6. The molecule has 0 aliphatic carbocycles. The van der Waals surface area contributed by atoms with Crippen molar-refractivity contribution in [2.45, 2.75) is 39.4 Å². The van der Waals surface area contributed by atoms with Crippen LogP contribution in [0.4, 0.5) is 0 Å². The van der Waals surface area contributed by atoms with E-state index in [4.69, 9.17) is 4.42 Å². The highest BCUT2D eigenvalue weighted by molar-refractivity contribution is 5.84. The van der Waals surface area contributed by atoms with E-state index in [-0.39, 0.29) is 11.8 Å². The Balaban J connectivity index is 2.05. The number of nitrogens with one attached hydrogen (secondary N) is 2. The summed E-state index contributed by atoms with van der Waals surface area (Å²) >= 11 is 0. The molecule has 0 spiro atoms. The molecule has 2 aromatic rings. The molecule has 0 aliphatic rings. The molecule has 128 valence electrons. The highest BCUT2D eigenvalue weighted by Gasteiger charge is 2.23. The van der Waals surface area contributed by atoms with Gasteiger partial charge in [-0.15, -0.1) is 0 Å². The number of furan rings is 1. The van der Waals surface area contributed by atoms with Crippen LogP contribution in [-0.4, -0.2) is 22.8 Å². The summed E-state index contributed by atoms with van der Waals surface area (Å²) in [5, 5.41) is 0. The van der Waals surface area contributed by atoms with E-state index in [9.17, 15) is 9.59 Å². The topological polar surface area (TPSA) is 74.6 Å². The Bertz CT molecular complexity index is 641. The first-order valence-corrected chi connectivity index (χ1v) is 7.99. The van der Waals surface area contributed by atoms with Gasteiger partial charge in [0.25, 0.3) is 5.91 Å². The van der Waals surface area contributed by atoms with Gasteiger partial charge in [0.1, 0.15) is 5.76 Å². The maximum atomic E-state index is 12.3. The Morgan fingerprint density at radius 1 is 1.08 bits per heavy atom. The molecule has 6 nitrogen and oxygen atoms in total. The second-order valence-electron chi connectivity index (χ2n) is 5.54. The average Bonchev–Trinajstić information content (AvgIpc) is 3.12. The molecule has 0 aliphatic heterocycles. The van der Waals surface area contributed by atoms with Crippen molar-refractivity contribution >= 4 is 11.8 Å². The summed E-state index contributed by atoms with van der Waals surface area (Å²) in [6.07, 6.45) is 1.93. The Hall–Kier alpha value is -2.60. The number of nitrogens with zero attached hydrogens (tertiary/aromatic N) is 1. The summed E-state index contributed by atoms with van der Waals surface area (Å²) in [7, 11) is 0. The van der Waals surface area contributed by atoms with Crippen molar-refractivity contribution in [3.63, 3.8) is 0 Å². The van der Waals surface area contributed by atoms with Gasteiger partial charge in [0.15, 0.2) is 0 Å². The van der Waals surface area contributed by atoms with Crippen molar-refractivity contribution in [3.05, 3.63) is 60.1 Å². The third-order valence-corrected chi connectivity index (χ3v) is 3.74. The Kier molecular flexibility index (Phi) is 6.57. The van der Waals surface area contributed by atoms with Crippen LogP contribution in [0.15, 0.2) is 53.1 Å². The first-order valence-electron chi connectivity index (χ1n) is 7.99. The second-order valence-corrected chi connectivity index (χ2v) is 5.54. The number of amides is 2. The minimum absolute atomic E-state index is 0.226. The van der Waals surface area contributed by atoms with Gasteiger partial charge < -0.3 is 4.42 Å². The SMILES string of the molecule is CCC(=O)NNC(=O)[C@@H](C)N(Cc1ccccc1)Cc1ccco1. The van der Waals surface area contributed by atoms with Crippen LogP contribution in [0.2, 0.25) is 0 Å². The van der Waals surface area contributed by atoms with E-state index in [1.807, 2.05) is 47.4 Å². The van der Waals surface area contributed by atoms with Crippen LogP contribution in [0.1, 0.15) is 31.6 Å². The lowest BCUT2D eigenvalue weighted by molar-refractivity contribution is -0.132. The van der Waals surface area contributed by atoms with Crippen LogP contribution in [0.5, 0.6) is 0 Å². The molecule has 2 amide bonds. The van der Waals surface area contributed by atoms with Gasteiger partial charge in [-0.05, 0) is 24.6 Å². The van der Waals surface area contributed by atoms with Gasteiger partial charge >= 0.3 is 0 Å². The fraction of sp³-hybridized carbons (Fsp3) is 0.333. The maximum Gasteiger partial charge on any atom is 0.255 e. The number of hydrogen-bond donors (Lipinski definition) is 2. The average molecular weight is 329 g/mol. The molecule has 24 heavy (non-hydrogen) atoms. The zero-order valence-electron chi connectivity index (χ0n) is 14.0. The third-order valence-electron chi connectivity index (χ3n) is 3.74. The molecule has 2 rings (SSSR count). The van der Waals surface area contributed by atoms with E-state index >= 15 is 0 Å². The minimum Gasteiger partial charge on any atom is -0.468 e. The molecule has 0 saturated carbocycles. The molecule has 0 saturated heterocycles. The zero-order valence-corrected chi connectivity index (χ0v) is 14.0. The normalized spacial score (nSPS) is 12.0. The van der Waals surface area contributed by atoms with Gasteiger partial charge in [0.05, 0.1) is 18.8 Å². The van der Waals surface area contributed by atoms with E-state index < -0.39 is 6.04 Å². The highest BCUT2D eigenvalue weighted by Crippen LogP contribution is 2.14. The van der Waals surface area contributed by atoms with Crippen LogP contribution < -0.4 is 10.9 Å². The molecule has 1 heterocycles. The van der Waals surface area contributed by atoms with E-state index in [2.05, 4.69) is 10.9 Å². The van der Waals surface area contributed by atoms with Crippen molar-refractivity contribution in [1.29, 1.82) is 0 Å². The molecule has 0 bridgehead atoms. The Morgan fingerprint density at radius 3 is 2.46 bits per heavy atom. The predicted octanol–water partition coefficient (Wildman–Crippen LogP) is 2.23. The van der Waals surface area contributed by atoms with E-state index in [0.717, 1.165) is 11.3 Å². The quantitative estimate of drug-likeness (QED) is 0.764. The fourth-order valence-corrected chi connectivity index (χ4v) is 2.24. The number of carbonyl (C=O) groups is 2. The van der Waals surface area contributed by atoms with Crippen LogP contribution in [0.3, 0.4) is 0 Å². The van der Waals surface area contributed by atoms with Gasteiger partial charge in [-0.3, -0.25) is 25.3 Å². The van der Waals surface area contributed by atoms with E-state index in [0.29, 0.717) is 19.5 Å². The summed E-state index contributed by atoms with van der Waals surface area (Å²) in [6, 6.07) is 13.2. The van der Waals surface area contributed by atoms with Crippen molar-refractivity contribution in [3.8, 4) is 0 Å². The maximum absolute atomic E-state index is 12.3. The van der Waals surface area contributed by atoms with Crippen LogP contribution in [0, 0.1) is 0 Å². The molecule has 1 atom stereocenters. The van der Waals surface area contributed by atoms with Crippen molar-refractivity contribution in [1.82, 2.24) is 15.8 Å². The second kappa shape index (κ2) is 8.88. The summed E-state index contributed by atoms with van der Waals surface area (Å²) in [5.41, 5.74) is 5.97. The number of hydrazine groups is 1. The van der Waals surface area contributed by atoms with Gasteiger partial charge in [-0.25, -0.2) is 0 Å². The zero-order chi connectivity index (χ0) is 17.4. The largest absolute Gasteiger partial charge is 0.468 e. The smallest absolute Gasteiger partial charge is 0.255 e. The summed E-state index contributed by atoms with van der Waals surface area (Å²) in [4.78, 5) is 25.6. The molecule has 1 aromatic carbocycles. The lowest BCUT2D eigenvalue weighted by Gasteiger charge is -2.27. The molecule has 2 N–H and O–H groups in total. The van der Waals surface area contributed by atoms with Gasteiger partial charge in [0, 0.05) is 13.0 Å². The van der Waals surface area contributed by atoms with E-state index in [1.54, 1.807) is 20.1 Å². The molecule has 1 aromatic heterocycles. The van der Waals surface area contributed by atoms with Crippen molar-refractivity contribution < 1.29 is 14.0 Å². The highest BCUT2D eigenvalue weighted by atomic mass is 16.3. The Morgan fingerprint density at radius 2 is 1.83 bits per heavy atom. The molecule has 6 heteroatoms. The summed E-state index contributed by atoms with van der Waals surface area (Å²) in [6.45, 7) is 4.62. The number of benzene rings is 1. The third kappa shape index (κ3) is 5.24. The van der Waals surface area contributed by atoms with Crippen LogP contribution in [0.25, 0.3) is 0 Å². The molecule has 0 unspecified atom stereocenters. The molecule has 0 fully saturated rings. The fourth-order valence-electron chi connectivity index (χ4n) is 2.24. The predicted molar refractivity (Wildman–Crippen MR) is 90.4 cm³/mol. The first kappa shape index (κ1) is 17.7. The van der Waals surface area contributed by atoms with Gasteiger partial charge in [0.2, 0.25) is 5.91 Å². The van der Waals surface area contributed by atoms with Crippen LogP contribution >= 0.6 is 0 Å². The summed E-state index contributed by atoms with van der Waals surface area (Å²) < 4.78 is 5.40.